The Morgan fingerprint density at radius 3 is 2.33 bits per heavy atom. The predicted octanol–water partition coefficient (Wildman–Crippen LogP) is 4.80. The summed E-state index contributed by atoms with van der Waals surface area (Å²) in [6.45, 7) is 4.39. The lowest BCUT2D eigenvalue weighted by molar-refractivity contribution is -0.142. The quantitative estimate of drug-likeness (QED) is 0.468. The van der Waals surface area contributed by atoms with E-state index in [0.717, 1.165) is 16.7 Å². The fraction of sp³-hybridized carbons (Fsp3) is 0.259. The number of hydrogen-bond acceptors (Lipinski definition) is 3. The zero-order valence-corrected chi connectivity index (χ0v) is 19.7. The maximum Gasteiger partial charge on any atom is 0.261 e. The van der Waals surface area contributed by atoms with E-state index < -0.39 is 6.04 Å². The third-order valence-corrected chi connectivity index (χ3v) is 5.48. The van der Waals surface area contributed by atoms with Gasteiger partial charge in [-0.1, -0.05) is 71.8 Å². The lowest BCUT2D eigenvalue weighted by Gasteiger charge is -2.31. The summed E-state index contributed by atoms with van der Waals surface area (Å²) in [7, 11) is 0. The minimum absolute atomic E-state index is 0.172. The Labute approximate surface area is 200 Å². The molecule has 172 valence electrons. The molecule has 5 nitrogen and oxygen atoms in total. The highest BCUT2D eigenvalue weighted by Crippen LogP contribution is 2.18. The van der Waals surface area contributed by atoms with Gasteiger partial charge in [0.2, 0.25) is 5.91 Å². The largest absolute Gasteiger partial charge is 0.484 e. The van der Waals surface area contributed by atoms with Crippen LogP contribution < -0.4 is 10.1 Å². The molecule has 33 heavy (non-hydrogen) atoms. The van der Waals surface area contributed by atoms with E-state index in [9.17, 15) is 9.59 Å². The van der Waals surface area contributed by atoms with Gasteiger partial charge in [-0.15, -0.1) is 0 Å². The van der Waals surface area contributed by atoms with Crippen molar-refractivity contribution >= 4 is 23.4 Å². The molecule has 0 radical (unpaired) electrons. The Bertz CT molecular complexity index is 1050. The summed E-state index contributed by atoms with van der Waals surface area (Å²) in [4.78, 5) is 28.1. The SMILES string of the molecule is CCNC(=O)[C@H](Cc1ccccc1)N(Cc1cccc(Cl)c1)C(=O)COc1ccc(C)cc1. The molecule has 0 aliphatic heterocycles. The normalized spacial score (nSPS) is 11.5. The third kappa shape index (κ3) is 7.36. The van der Waals surface area contributed by atoms with E-state index >= 15 is 0 Å². The van der Waals surface area contributed by atoms with Gasteiger partial charge < -0.3 is 15.0 Å². The Balaban J connectivity index is 1.88. The van der Waals surface area contributed by atoms with Gasteiger partial charge in [-0.2, -0.15) is 0 Å². The van der Waals surface area contributed by atoms with Crippen LogP contribution in [-0.4, -0.2) is 35.9 Å². The van der Waals surface area contributed by atoms with Crippen molar-refractivity contribution in [2.45, 2.75) is 32.9 Å². The first-order valence-corrected chi connectivity index (χ1v) is 11.4. The minimum atomic E-state index is -0.694. The number of halogens is 1. The summed E-state index contributed by atoms with van der Waals surface area (Å²) in [6, 6.07) is 23.8. The molecule has 6 heteroatoms. The van der Waals surface area contributed by atoms with E-state index in [-0.39, 0.29) is 25.0 Å². The van der Waals surface area contributed by atoms with E-state index in [1.54, 1.807) is 17.0 Å². The number of hydrogen-bond donors (Lipinski definition) is 1. The van der Waals surface area contributed by atoms with E-state index in [4.69, 9.17) is 16.3 Å². The van der Waals surface area contributed by atoms with Gasteiger partial charge in [0.1, 0.15) is 11.8 Å². The number of amides is 2. The fourth-order valence-electron chi connectivity index (χ4n) is 3.54. The number of ether oxygens (including phenoxy) is 1. The van der Waals surface area contributed by atoms with Crippen LogP contribution in [0, 0.1) is 6.92 Å². The van der Waals surface area contributed by atoms with Crippen LogP contribution in [0.2, 0.25) is 5.02 Å². The molecule has 0 unspecified atom stereocenters. The van der Waals surface area contributed by atoms with Gasteiger partial charge in [0.05, 0.1) is 0 Å². The van der Waals surface area contributed by atoms with Crippen molar-refractivity contribution in [1.29, 1.82) is 0 Å². The summed E-state index contributed by atoms with van der Waals surface area (Å²) in [5, 5.41) is 3.46. The Morgan fingerprint density at radius 2 is 1.67 bits per heavy atom. The summed E-state index contributed by atoms with van der Waals surface area (Å²) in [5.74, 6) is 0.129. The number of aryl methyl sites for hydroxylation is 1. The highest BCUT2D eigenvalue weighted by molar-refractivity contribution is 6.30. The van der Waals surface area contributed by atoms with Crippen molar-refractivity contribution in [3.63, 3.8) is 0 Å². The van der Waals surface area contributed by atoms with E-state index in [0.29, 0.717) is 23.7 Å². The maximum absolute atomic E-state index is 13.4. The molecule has 0 heterocycles. The second-order valence-electron chi connectivity index (χ2n) is 7.85. The zero-order valence-electron chi connectivity index (χ0n) is 19.0. The molecular formula is C27H29ClN2O3. The standard InChI is InChI=1S/C27H29ClN2O3/c1-3-29-27(32)25(17-21-8-5-4-6-9-21)30(18-22-10-7-11-23(28)16-22)26(31)19-33-24-14-12-20(2)13-15-24/h4-16,25H,3,17-19H2,1-2H3,(H,29,32)/t25-/m0/s1. The summed E-state index contributed by atoms with van der Waals surface area (Å²) < 4.78 is 5.76. The molecule has 3 rings (SSSR count). The fourth-order valence-corrected chi connectivity index (χ4v) is 3.75. The number of carbonyl (C=O) groups excluding carboxylic acids is 2. The summed E-state index contributed by atoms with van der Waals surface area (Å²) in [5.41, 5.74) is 2.92. The van der Waals surface area contributed by atoms with Crippen LogP contribution in [-0.2, 0) is 22.6 Å². The second kappa shape index (κ2) is 12.1. The molecule has 0 spiro atoms. The molecule has 0 aliphatic carbocycles. The average Bonchev–Trinajstić information content (AvgIpc) is 2.81. The molecule has 3 aromatic carbocycles. The molecule has 0 fully saturated rings. The van der Waals surface area contributed by atoms with Crippen LogP contribution in [0.15, 0.2) is 78.9 Å². The zero-order chi connectivity index (χ0) is 23.6. The van der Waals surface area contributed by atoms with E-state index in [1.807, 2.05) is 80.6 Å². The highest BCUT2D eigenvalue weighted by Gasteiger charge is 2.30. The van der Waals surface area contributed by atoms with Crippen molar-refractivity contribution in [3.05, 3.63) is 101 Å². The molecule has 2 amide bonds. The first-order chi connectivity index (χ1) is 16.0. The smallest absolute Gasteiger partial charge is 0.261 e. The lowest BCUT2D eigenvalue weighted by Crippen LogP contribution is -2.51. The topological polar surface area (TPSA) is 58.6 Å². The highest BCUT2D eigenvalue weighted by atomic mass is 35.5. The monoisotopic (exact) mass is 464 g/mol. The van der Waals surface area contributed by atoms with Crippen molar-refractivity contribution < 1.29 is 14.3 Å². The number of likely N-dealkylation sites (N-methyl/N-ethyl adjacent to an activating group) is 1. The van der Waals surface area contributed by atoms with Crippen LogP contribution in [0.3, 0.4) is 0 Å². The minimum Gasteiger partial charge on any atom is -0.484 e. The molecular weight excluding hydrogens is 436 g/mol. The van der Waals surface area contributed by atoms with Crippen molar-refractivity contribution in [2.24, 2.45) is 0 Å². The van der Waals surface area contributed by atoms with Gasteiger partial charge >= 0.3 is 0 Å². The summed E-state index contributed by atoms with van der Waals surface area (Å²) >= 11 is 6.18. The van der Waals surface area contributed by atoms with Crippen LogP contribution in [0.25, 0.3) is 0 Å². The lowest BCUT2D eigenvalue weighted by atomic mass is 10.0. The third-order valence-electron chi connectivity index (χ3n) is 5.25. The number of nitrogens with zero attached hydrogens (tertiary/aromatic N) is 1. The molecule has 0 aromatic heterocycles. The van der Waals surface area contributed by atoms with Gasteiger partial charge in [0, 0.05) is 24.5 Å². The molecule has 0 saturated carbocycles. The van der Waals surface area contributed by atoms with Gasteiger partial charge in [-0.05, 0) is 49.2 Å². The van der Waals surface area contributed by atoms with Gasteiger partial charge in [0.25, 0.3) is 5.91 Å². The molecule has 0 aliphatic rings. The second-order valence-corrected chi connectivity index (χ2v) is 8.29. The van der Waals surface area contributed by atoms with Crippen LogP contribution >= 0.6 is 11.6 Å². The van der Waals surface area contributed by atoms with Crippen LogP contribution in [0.4, 0.5) is 0 Å². The van der Waals surface area contributed by atoms with Crippen LogP contribution in [0.1, 0.15) is 23.6 Å². The van der Waals surface area contributed by atoms with Gasteiger partial charge in [0.15, 0.2) is 6.61 Å². The number of benzene rings is 3. The number of carbonyl (C=O) groups is 2. The summed E-state index contributed by atoms with van der Waals surface area (Å²) in [6.07, 6.45) is 0.392. The molecule has 1 N–H and O–H groups in total. The maximum atomic E-state index is 13.4. The molecule has 0 bridgehead atoms. The molecule has 0 saturated heterocycles. The van der Waals surface area contributed by atoms with Crippen molar-refractivity contribution in [2.75, 3.05) is 13.2 Å². The predicted molar refractivity (Wildman–Crippen MR) is 131 cm³/mol. The van der Waals surface area contributed by atoms with Crippen LogP contribution in [0.5, 0.6) is 5.75 Å². The average molecular weight is 465 g/mol. The Morgan fingerprint density at radius 1 is 0.970 bits per heavy atom. The van der Waals surface area contributed by atoms with Gasteiger partial charge in [-0.3, -0.25) is 9.59 Å². The Hall–Kier alpha value is -3.31. The molecule has 3 aromatic rings. The van der Waals surface area contributed by atoms with E-state index in [2.05, 4.69) is 5.32 Å². The first kappa shape index (κ1) is 24.3. The Kier molecular flexibility index (Phi) is 8.90. The van der Waals surface area contributed by atoms with E-state index in [1.165, 1.54) is 0 Å². The molecule has 1 atom stereocenters. The van der Waals surface area contributed by atoms with Crippen molar-refractivity contribution in [3.8, 4) is 5.75 Å². The van der Waals surface area contributed by atoms with Gasteiger partial charge in [-0.25, -0.2) is 0 Å². The number of rotatable bonds is 10. The van der Waals surface area contributed by atoms with Crippen molar-refractivity contribution in [1.82, 2.24) is 10.2 Å². The number of nitrogens with one attached hydrogen (secondary N) is 1. The first-order valence-electron chi connectivity index (χ1n) is 11.0.